The van der Waals surface area contributed by atoms with Crippen LogP contribution in [0.25, 0.3) is 0 Å². The lowest BCUT2D eigenvalue weighted by molar-refractivity contribution is 0.408. The third-order valence-electron chi connectivity index (χ3n) is 1.92. The third kappa shape index (κ3) is 1.91. The van der Waals surface area contributed by atoms with Crippen LogP contribution in [-0.4, -0.2) is 24.1 Å². The molecular formula is C9H13N5. The van der Waals surface area contributed by atoms with Crippen molar-refractivity contribution in [3.8, 4) is 6.07 Å². The number of H-pyrrole nitrogens is 1. The van der Waals surface area contributed by atoms with Crippen LogP contribution in [0.5, 0.6) is 0 Å². The number of aromatic nitrogens is 1. The number of nitrogens with one attached hydrogen (secondary N) is 1. The van der Waals surface area contributed by atoms with Gasteiger partial charge in [-0.2, -0.15) is 5.26 Å². The molecule has 74 valence electrons. The molecule has 0 saturated heterocycles. The van der Waals surface area contributed by atoms with Crippen LogP contribution in [0, 0.1) is 25.2 Å². The molecule has 1 N–H and O–H groups in total. The first kappa shape index (κ1) is 10.3. The minimum absolute atomic E-state index is 0.524. The summed E-state index contributed by atoms with van der Waals surface area (Å²) in [6, 6.07) is 2.10. The zero-order valence-electron chi connectivity index (χ0n) is 8.79. The van der Waals surface area contributed by atoms with Gasteiger partial charge in [0.2, 0.25) is 0 Å². The molecule has 0 fully saturated rings. The summed E-state index contributed by atoms with van der Waals surface area (Å²) in [6.07, 6.45) is 0. The SMILES string of the molecule is Cc1[nH]c(/N=N/N(C)C)c(C#N)c1C. The monoisotopic (exact) mass is 191 g/mol. The second-order valence-electron chi connectivity index (χ2n) is 3.25. The van der Waals surface area contributed by atoms with Crippen molar-refractivity contribution < 1.29 is 0 Å². The van der Waals surface area contributed by atoms with Crippen molar-refractivity contribution in [2.24, 2.45) is 10.3 Å². The minimum Gasteiger partial charge on any atom is -0.341 e. The maximum Gasteiger partial charge on any atom is 0.172 e. The minimum atomic E-state index is 0.524. The van der Waals surface area contributed by atoms with Crippen LogP contribution in [0.3, 0.4) is 0 Å². The van der Waals surface area contributed by atoms with Crippen LogP contribution in [0.2, 0.25) is 0 Å². The smallest absolute Gasteiger partial charge is 0.172 e. The van der Waals surface area contributed by atoms with Gasteiger partial charge in [-0.15, -0.1) is 5.11 Å². The zero-order valence-corrected chi connectivity index (χ0v) is 8.79. The molecule has 0 bridgehead atoms. The topological polar surface area (TPSA) is 67.5 Å². The first-order valence-corrected chi connectivity index (χ1v) is 4.24. The summed E-state index contributed by atoms with van der Waals surface area (Å²) in [5.74, 6) is 0.524. The van der Waals surface area contributed by atoms with Crippen molar-refractivity contribution in [3.05, 3.63) is 16.8 Å². The summed E-state index contributed by atoms with van der Waals surface area (Å²) >= 11 is 0. The van der Waals surface area contributed by atoms with E-state index in [0.717, 1.165) is 11.3 Å². The molecule has 0 atom stereocenters. The molecule has 0 aliphatic heterocycles. The van der Waals surface area contributed by atoms with Gasteiger partial charge in [0.25, 0.3) is 0 Å². The van der Waals surface area contributed by atoms with Gasteiger partial charge < -0.3 is 4.98 Å². The van der Waals surface area contributed by atoms with E-state index in [2.05, 4.69) is 21.4 Å². The van der Waals surface area contributed by atoms with Gasteiger partial charge in [0, 0.05) is 19.8 Å². The number of hydrogen-bond donors (Lipinski definition) is 1. The van der Waals surface area contributed by atoms with Gasteiger partial charge in [-0.25, -0.2) is 0 Å². The molecule has 1 aromatic heterocycles. The summed E-state index contributed by atoms with van der Waals surface area (Å²) < 4.78 is 0. The van der Waals surface area contributed by atoms with Gasteiger partial charge in [-0.05, 0) is 19.4 Å². The van der Waals surface area contributed by atoms with Gasteiger partial charge in [0.05, 0.1) is 0 Å². The Bertz CT molecular complexity index is 394. The average molecular weight is 191 g/mol. The van der Waals surface area contributed by atoms with Crippen molar-refractivity contribution in [1.82, 2.24) is 9.99 Å². The summed E-state index contributed by atoms with van der Waals surface area (Å²) in [6.45, 7) is 3.80. The van der Waals surface area contributed by atoms with Crippen LogP contribution >= 0.6 is 0 Å². The summed E-state index contributed by atoms with van der Waals surface area (Å²) in [4.78, 5) is 3.01. The van der Waals surface area contributed by atoms with Crippen molar-refractivity contribution in [2.75, 3.05) is 14.1 Å². The predicted molar refractivity (Wildman–Crippen MR) is 53.2 cm³/mol. The highest BCUT2D eigenvalue weighted by molar-refractivity contribution is 5.55. The maximum atomic E-state index is 8.89. The van der Waals surface area contributed by atoms with E-state index < -0.39 is 0 Å². The van der Waals surface area contributed by atoms with Gasteiger partial charge in [0.1, 0.15) is 11.6 Å². The summed E-state index contributed by atoms with van der Waals surface area (Å²) in [7, 11) is 3.55. The molecule has 1 heterocycles. The predicted octanol–water partition coefficient (Wildman–Crippen LogP) is 2.06. The van der Waals surface area contributed by atoms with Gasteiger partial charge in [-0.1, -0.05) is 5.22 Å². The number of aryl methyl sites for hydroxylation is 1. The second-order valence-corrected chi connectivity index (χ2v) is 3.25. The molecule has 1 rings (SSSR count). The fraction of sp³-hybridized carbons (Fsp3) is 0.444. The number of hydrogen-bond acceptors (Lipinski definition) is 3. The van der Waals surface area contributed by atoms with E-state index in [1.165, 1.54) is 0 Å². The van der Waals surface area contributed by atoms with E-state index in [4.69, 9.17) is 5.26 Å². The largest absolute Gasteiger partial charge is 0.341 e. The standard InChI is InChI=1S/C9H13N5/c1-6-7(2)11-9(8(6)5-10)12-13-14(3)4/h11H,1-4H3/b13-12+. The van der Waals surface area contributed by atoms with Gasteiger partial charge in [0.15, 0.2) is 5.82 Å². The number of nitrogens with zero attached hydrogens (tertiary/aromatic N) is 4. The van der Waals surface area contributed by atoms with Gasteiger partial charge in [-0.3, -0.25) is 5.01 Å². The normalized spacial score (nSPS) is 10.5. The molecule has 0 aliphatic rings. The quantitative estimate of drug-likeness (QED) is 0.574. The van der Waals surface area contributed by atoms with Gasteiger partial charge >= 0.3 is 0 Å². The highest BCUT2D eigenvalue weighted by atomic mass is 15.5. The van der Waals surface area contributed by atoms with Crippen LogP contribution < -0.4 is 0 Å². The first-order valence-electron chi connectivity index (χ1n) is 4.24. The molecule has 1 aromatic rings. The van der Waals surface area contributed by atoms with Crippen LogP contribution in [0.4, 0.5) is 5.82 Å². The Kier molecular flexibility index (Phi) is 2.87. The zero-order chi connectivity index (χ0) is 10.7. The van der Waals surface area contributed by atoms with E-state index in [1.807, 2.05) is 13.8 Å². The molecule has 5 heteroatoms. The van der Waals surface area contributed by atoms with E-state index >= 15 is 0 Å². The third-order valence-corrected chi connectivity index (χ3v) is 1.92. The Morgan fingerprint density at radius 1 is 1.36 bits per heavy atom. The van der Waals surface area contributed by atoms with E-state index in [9.17, 15) is 0 Å². The molecule has 0 aliphatic carbocycles. The van der Waals surface area contributed by atoms with Crippen LogP contribution in [0.1, 0.15) is 16.8 Å². The first-order chi connectivity index (χ1) is 6.56. The molecule has 0 aromatic carbocycles. The Labute approximate surface area is 83.0 Å². The molecular weight excluding hydrogens is 178 g/mol. The highest BCUT2D eigenvalue weighted by Crippen LogP contribution is 2.23. The second kappa shape index (κ2) is 3.92. The number of rotatable bonds is 2. The van der Waals surface area contributed by atoms with E-state index in [-0.39, 0.29) is 0 Å². The molecule has 0 spiro atoms. The Balaban J connectivity index is 3.11. The summed E-state index contributed by atoms with van der Waals surface area (Å²) in [5, 5.41) is 18.2. The highest BCUT2D eigenvalue weighted by Gasteiger charge is 2.10. The molecule has 0 saturated carbocycles. The van der Waals surface area contributed by atoms with E-state index in [0.29, 0.717) is 11.4 Å². The fourth-order valence-corrected chi connectivity index (χ4v) is 1.04. The molecule has 0 radical (unpaired) electrons. The Morgan fingerprint density at radius 3 is 2.50 bits per heavy atom. The molecule has 5 nitrogen and oxygen atoms in total. The Hall–Kier alpha value is -1.83. The number of nitriles is 1. The molecule has 0 amide bonds. The Morgan fingerprint density at radius 2 is 2.00 bits per heavy atom. The number of aromatic amines is 1. The van der Waals surface area contributed by atoms with Crippen LogP contribution in [0.15, 0.2) is 10.3 Å². The average Bonchev–Trinajstić information content (AvgIpc) is 2.39. The van der Waals surface area contributed by atoms with Crippen molar-refractivity contribution in [2.45, 2.75) is 13.8 Å². The lowest BCUT2D eigenvalue weighted by Gasteiger charge is -1.98. The van der Waals surface area contributed by atoms with E-state index in [1.54, 1.807) is 19.1 Å². The maximum absolute atomic E-state index is 8.89. The molecule has 0 unspecified atom stereocenters. The van der Waals surface area contributed by atoms with Crippen molar-refractivity contribution in [3.63, 3.8) is 0 Å². The van der Waals surface area contributed by atoms with Crippen LogP contribution in [-0.2, 0) is 0 Å². The van der Waals surface area contributed by atoms with Crippen molar-refractivity contribution >= 4 is 5.82 Å². The fourth-order valence-electron chi connectivity index (χ4n) is 1.04. The van der Waals surface area contributed by atoms with Crippen molar-refractivity contribution in [1.29, 1.82) is 5.26 Å². The summed E-state index contributed by atoms with van der Waals surface area (Å²) in [5.41, 5.74) is 2.45. The lowest BCUT2D eigenvalue weighted by atomic mass is 10.2. The molecule has 14 heavy (non-hydrogen) atoms. The lowest BCUT2D eigenvalue weighted by Crippen LogP contribution is -1.99.